The van der Waals surface area contributed by atoms with E-state index < -0.39 is 18.5 Å². The third-order valence-electron chi connectivity index (χ3n) is 9.60. The summed E-state index contributed by atoms with van der Waals surface area (Å²) < 4.78 is 30.9. The van der Waals surface area contributed by atoms with Gasteiger partial charge in [-0.25, -0.2) is 8.78 Å². The van der Waals surface area contributed by atoms with E-state index in [2.05, 4.69) is 0 Å². The molecule has 2 saturated carbocycles. The number of benzene rings is 1. The third-order valence-corrected chi connectivity index (χ3v) is 9.60. The number of hydrogen-bond acceptors (Lipinski definition) is 3. The van der Waals surface area contributed by atoms with Gasteiger partial charge in [0, 0.05) is 31.3 Å². The number of nitrogens with zero attached hydrogens (tertiary/aromatic N) is 1. The van der Waals surface area contributed by atoms with Gasteiger partial charge in [0.05, 0.1) is 0 Å². The Morgan fingerprint density at radius 2 is 1.94 bits per heavy atom. The first kappa shape index (κ1) is 23.3. The third kappa shape index (κ3) is 3.93. The molecule has 1 saturated heterocycles. The smallest absolute Gasteiger partial charge is 0.423 e. The van der Waals surface area contributed by atoms with Crippen molar-refractivity contribution in [3.8, 4) is 0 Å². The second-order valence-electron chi connectivity index (χ2n) is 11.3. The molecule has 0 radical (unpaired) electrons. The fraction of sp³-hybridized carbons (Fsp3) is 0.731. The summed E-state index contributed by atoms with van der Waals surface area (Å²) in [5.74, 6) is -2.30. The van der Waals surface area contributed by atoms with Crippen LogP contribution in [0.1, 0.15) is 81.8 Å². The second kappa shape index (κ2) is 8.64. The molecule has 3 fully saturated rings. The van der Waals surface area contributed by atoms with Crippen LogP contribution < -0.4 is 5.46 Å². The number of hydrogen-bond donors (Lipinski definition) is 2. The maximum absolute atomic E-state index is 15.4. The van der Waals surface area contributed by atoms with Crippen LogP contribution in [-0.4, -0.2) is 47.0 Å². The summed E-state index contributed by atoms with van der Waals surface area (Å²) in [4.78, 5) is 14.7. The normalized spacial score (nSPS) is 34.9. The van der Waals surface area contributed by atoms with E-state index in [4.69, 9.17) is 0 Å². The lowest BCUT2D eigenvalue weighted by Gasteiger charge is -2.51. The van der Waals surface area contributed by atoms with Crippen LogP contribution in [0.5, 0.6) is 0 Å². The molecule has 180 valence electrons. The van der Waals surface area contributed by atoms with Gasteiger partial charge in [0.1, 0.15) is 0 Å². The zero-order valence-corrected chi connectivity index (χ0v) is 19.6. The molecule has 7 heteroatoms. The second-order valence-corrected chi connectivity index (χ2v) is 11.3. The summed E-state index contributed by atoms with van der Waals surface area (Å²) in [6.07, 6.45) is 7.03. The Balaban J connectivity index is 1.37. The molecular weight excluding hydrogens is 423 g/mol. The lowest BCUT2D eigenvalue weighted by Crippen LogP contribution is -2.48. The minimum atomic E-state index is -2.69. The molecule has 5 rings (SSSR count). The number of fused-ring (bicyclic) bond motifs is 5. The number of carbonyl (C=O) groups is 1. The van der Waals surface area contributed by atoms with E-state index in [-0.39, 0.29) is 36.0 Å². The van der Waals surface area contributed by atoms with Crippen LogP contribution in [0, 0.1) is 23.2 Å². The number of aryl methyl sites for hydroxylation is 1. The van der Waals surface area contributed by atoms with Crippen LogP contribution in [0.2, 0.25) is 0 Å². The maximum atomic E-state index is 15.4. The average molecular weight is 459 g/mol. The number of amides is 1. The van der Waals surface area contributed by atoms with Crippen molar-refractivity contribution in [1.29, 1.82) is 0 Å². The number of carbonyl (C=O) groups excluding carboxylic acids is 1. The molecule has 1 aromatic carbocycles. The summed E-state index contributed by atoms with van der Waals surface area (Å²) in [6.45, 7) is 3.43. The Kier molecular flexibility index (Phi) is 6.09. The minimum Gasteiger partial charge on any atom is -0.423 e. The van der Waals surface area contributed by atoms with Crippen molar-refractivity contribution in [2.45, 2.75) is 83.0 Å². The largest absolute Gasteiger partial charge is 0.488 e. The fourth-order valence-electron chi connectivity index (χ4n) is 7.89. The van der Waals surface area contributed by atoms with Crippen molar-refractivity contribution < 1.29 is 23.6 Å². The quantitative estimate of drug-likeness (QED) is 0.672. The van der Waals surface area contributed by atoms with Crippen LogP contribution in [0.3, 0.4) is 0 Å². The van der Waals surface area contributed by atoms with Crippen LogP contribution >= 0.6 is 0 Å². The van der Waals surface area contributed by atoms with E-state index in [1.807, 2.05) is 17.0 Å². The van der Waals surface area contributed by atoms with Gasteiger partial charge in [-0.15, -0.1) is 0 Å². The molecule has 0 unspecified atom stereocenters. The van der Waals surface area contributed by atoms with Gasteiger partial charge in [-0.1, -0.05) is 25.1 Å². The van der Waals surface area contributed by atoms with E-state index in [0.717, 1.165) is 50.8 Å². The first-order valence-corrected chi connectivity index (χ1v) is 12.9. The minimum absolute atomic E-state index is 0.0725. The Bertz CT molecular complexity index is 904. The SMILES string of the molecule is C[C@]12CC[C@@H]3c4ccc(B(O)O)cc4CC[C@H]3[C@@H]1[C@H](CCC(=O)N1CCCCC1)CC2(F)F. The van der Waals surface area contributed by atoms with Crippen molar-refractivity contribution in [1.82, 2.24) is 4.90 Å². The summed E-state index contributed by atoms with van der Waals surface area (Å²) in [6, 6.07) is 5.63. The first-order valence-electron chi connectivity index (χ1n) is 12.9. The highest BCUT2D eigenvalue weighted by Crippen LogP contribution is 2.68. The van der Waals surface area contributed by atoms with Crippen LogP contribution in [-0.2, 0) is 11.2 Å². The Morgan fingerprint density at radius 3 is 2.67 bits per heavy atom. The van der Waals surface area contributed by atoms with Crippen LogP contribution in [0.4, 0.5) is 8.78 Å². The number of likely N-dealkylation sites (tertiary alicyclic amines) is 1. The molecule has 0 aromatic heterocycles. The van der Waals surface area contributed by atoms with Gasteiger partial charge in [-0.3, -0.25) is 4.79 Å². The number of rotatable bonds is 4. The van der Waals surface area contributed by atoms with E-state index in [0.29, 0.717) is 24.7 Å². The van der Waals surface area contributed by atoms with Crippen molar-refractivity contribution in [2.24, 2.45) is 23.2 Å². The Morgan fingerprint density at radius 1 is 1.18 bits per heavy atom. The predicted octanol–water partition coefficient (Wildman–Crippen LogP) is 3.88. The fourth-order valence-corrected chi connectivity index (χ4v) is 7.89. The van der Waals surface area contributed by atoms with Gasteiger partial charge in [0.25, 0.3) is 5.92 Å². The van der Waals surface area contributed by atoms with Gasteiger partial charge in [-0.05, 0) is 91.6 Å². The average Bonchev–Trinajstić information content (AvgIpc) is 3.02. The standard InChI is InChI=1S/C26H36BF2NO3/c1-25-12-11-21-20-9-7-19(27(32)33)15-17(20)5-8-22(21)24(25)18(16-26(25,28)29)6-10-23(31)30-13-3-2-4-14-30/h7,9,15,18,21-22,24,32-33H,2-6,8,10-14,16H2,1H3/t18-,21-,22-,24+,25+/m1/s1. The van der Waals surface area contributed by atoms with Gasteiger partial charge < -0.3 is 14.9 Å². The summed E-state index contributed by atoms with van der Waals surface area (Å²) in [7, 11) is -1.49. The van der Waals surface area contributed by atoms with E-state index in [1.54, 1.807) is 13.0 Å². The number of piperidine rings is 1. The van der Waals surface area contributed by atoms with Gasteiger partial charge in [0.15, 0.2) is 0 Å². The molecule has 4 aliphatic rings. The van der Waals surface area contributed by atoms with Crippen molar-refractivity contribution in [2.75, 3.05) is 13.1 Å². The van der Waals surface area contributed by atoms with Gasteiger partial charge >= 0.3 is 7.12 Å². The molecule has 3 aliphatic carbocycles. The number of alkyl halides is 2. The molecule has 0 spiro atoms. The topological polar surface area (TPSA) is 60.8 Å². The van der Waals surface area contributed by atoms with E-state index in [9.17, 15) is 14.8 Å². The summed E-state index contributed by atoms with van der Waals surface area (Å²) in [5.41, 5.74) is 1.84. The Labute approximate surface area is 195 Å². The lowest BCUT2D eigenvalue weighted by atomic mass is 9.53. The molecule has 2 N–H and O–H groups in total. The predicted molar refractivity (Wildman–Crippen MR) is 124 cm³/mol. The zero-order valence-electron chi connectivity index (χ0n) is 19.6. The van der Waals surface area contributed by atoms with E-state index in [1.165, 1.54) is 12.0 Å². The molecule has 0 bridgehead atoms. The Hall–Kier alpha value is -1.47. The van der Waals surface area contributed by atoms with Crippen molar-refractivity contribution in [3.63, 3.8) is 0 Å². The zero-order chi connectivity index (χ0) is 23.4. The van der Waals surface area contributed by atoms with E-state index >= 15 is 8.78 Å². The molecule has 4 nitrogen and oxygen atoms in total. The molecular formula is C26H36BF2NO3. The van der Waals surface area contributed by atoms with Crippen molar-refractivity contribution in [3.05, 3.63) is 29.3 Å². The van der Waals surface area contributed by atoms with Crippen LogP contribution in [0.15, 0.2) is 18.2 Å². The molecule has 1 aliphatic heterocycles. The summed E-state index contributed by atoms with van der Waals surface area (Å²) >= 11 is 0. The number of halogens is 2. The highest BCUT2D eigenvalue weighted by atomic mass is 19.3. The maximum Gasteiger partial charge on any atom is 0.488 e. The van der Waals surface area contributed by atoms with Gasteiger partial charge in [-0.2, -0.15) is 0 Å². The highest BCUT2D eigenvalue weighted by Gasteiger charge is 2.67. The molecule has 5 atom stereocenters. The molecule has 1 aromatic rings. The van der Waals surface area contributed by atoms with Crippen molar-refractivity contribution >= 4 is 18.5 Å². The van der Waals surface area contributed by atoms with Gasteiger partial charge in [0.2, 0.25) is 5.91 Å². The molecule has 33 heavy (non-hydrogen) atoms. The molecule has 1 heterocycles. The molecule has 1 amide bonds. The van der Waals surface area contributed by atoms with Crippen LogP contribution in [0.25, 0.3) is 0 Å². The first-order chi connectivity index (χ1) is 15.7. The highest BCUT2D eigenvalue weighted by molar-refractivity contribution is 6.58. The summed E-state index contributed by atoms with van der Waals surface area (Å²) in [5, 5.41) is 19.1. The monoisotopic (exact) mass is 459 g/mol. The lowest BCUT2D eigenvalue weighted by molar-refractivity contribution is -0.134.